The van der Waals surface area contributed by atoms with Crippen LogP contribution >= 0.6 is 11.8 Å². The molecule has 0 amide bonds. The van der Waals surface area contributed by atoms with Gasteiger partial charge in [0.05, 0.1) is 5.69 Å². The molecule has 1 aromatic rings. The van der Waals surface area contributed by atoms with Crippen molar-refractivity contribution in [1.29, 1.82) is 0 Å². The summed E-state index contributed by atoms with van der Waals surface area (Å²) in [6.45, 7) is 12.1. The second-order valence-corrected chi connectivity index (χ2v) is 7.05. The van der Waals surface area contributed by atoms with Crippen molar-refractivity contribution >= 4 is 17.7 Å². The molecular formula is C15H26N4OS. The summed E-state index contributed by atoms with van der Waals surface area (Å²) in [4.78, 5) is 7.07. The smallest absolute Gasteiger partial charge is 0.194 e. The van der Waals surface area contributed by atoms with Crippen LogP contribution in [0.5, 0.6) is 0 Å². The van der Waals surface area contributed by atoms with Gasteiger partial charge in [-0.15, -0.1) is 0 Å². The van der Waals surface area contributed by atoms with E-state index in [0.717, 1.165) is 42.8 Å². The van der Waals surface area contributed by atoms with Gasteiger partial charge in [0.1, 0.15) is 6.54 Å². The normalized spacial score (nSPS) is 20.1. The zero-order valence-corrected chi connectivity index (χ0v) is 14.2. The molecule has 2 rings (SSSR count). The fraction of sp³-hybridized carbons (Fsp3) is 0.733. The maximum absolute atomic E-state index is 5.23. The van der Waals surface area contributed by atoms with E-state index in [0.29, 0.717) is 17.7 Å². The average Bonchev–Trinajstić information content (AvgIpc) is 2.89. The Hall–Kier alpha value is -1.17. The zero-order valence-electron chi connectivity index (χ0n) is 13.4. The molecule has 6 heteroatoms. The zero-order chi connectivity index (χ0) is 15.2. The third-order valence-electron chi connectivity index (χ3n) is 3.53. The van der Waals surface area contributed by atoms with Gasteiger partial charge in [0, 0.05) is 36.7 Å². The number of hydrogen-bond donors (Lipinski definition) is 1. The summed E-state index contributed by atoms with van der Waals surface area (Å²) in [5.74, 6) is 3.65. The maximum Gasteiger partial charge on any atom is 0.194 e. The molecule has 1 aliphatic rings. The van der Waals surface area contributed by atoms with Crippen LogP contribution < -0.4 is 5.32 Å². The average molecular weight is 310 g/mol. The van der Waals surface area contributed by atoms with E-state index in [4.69, 9.17) is 9.52 Å². The second-order valence-electron chi connectivity index (χ2n) is 5.70. The molecule has 0 aliphatic carbocycles. The maximum atomic E-state index is 5.23. The summed E-state index contributed by atoms with van der Waals surface area (Å²) in [5, 5.41) is 7.98. The molecular weight excluding hydrogens is 284 g/mol. The molecule has 1 aromatic heterocycles. The van der Waals surface area contributed by atoms with Crippen LogP contribution in [0.1, 0.15) is 32.2 Å². The van der Waals surface area contributed by atoms with Crippen LogP contribution in [0.3, 0.4) is 0 Å². The summed E-state index contributed by atoms with van der Waals surface area (Å²) in [5.41, 5.74) is 0.902. The van der Waals surface area contributed by atoms with Crippen LogP contribution in [0.2, 0.25) is 0 Å². The Labute approximate surface area is 131 Å². The summed E-state index contributed by atoms with van der Waals surface area (Å²) >= 11 is 2.08. The first kappa shape index (κ1) is 16.2. The molecule has 0 bridgehead atoms. The Balaban J connectivity index is 2.03. The van der Waals surface area contributed by atoms with E-state index in [1.165, 1.54) is 0 Å². The van der Waals surface area contributed by atoms with Crippen molar-refractivity contribution in [2.45, 2.75) is 39.5 Å². The minimum absolute atomic E-state index is 0.541. The van der Waals surface area contributed by atoms with E-state index in [9.17, 15) is 0 Å². The number of guanidine groups is 1. The van der Waals surface area contributed by atoms with Gasteiger partial charge >= 0.3 is 0 Å². The standard InChI is InChI=1S/C15H26N4OS/c1-5-16-15(17-9-13-8-12(4)18-20-13)19-6-7-21-14(10-19)11(2)3/h8,11,14H,5-7,9-10H2,1-4H3,(H,16,17). The fourth-order valence-electron chi connectivity index (χ4n) is 2.34. The van der Waals surface area contributed by atoms with Crippen LogP contribution in [0, 0.1) is 12.8 Å². The van der Waals surface area contributed by atoms with Crippen LogP contribution in [0.25, 0.3) is 0 Å². The number of thioether (sulfide) groups is 1. The first-order valence-corrected chi connectivity index (χ1v) is 8.72. The third-order valence-corrected chi connectivity index (χ3v) is 5.07. The van der Waals surface area contributed by atoms with E-state index in [-0.39, 0.29) is 0 Å². The summed E-state index contributed by atoms with van der Waals surface area (Å²) in [6, 6.07) is 1.94. The monoisotopic (exact) mass is 310 g/mol. The molecule has 2 heterocycles. The van der Waals surface area contributed by atoms with Crippen LogP contribution in [-0.4, -0.2) is 46.7 Å². The van der Waals surface area contributed by atoms with Gasteiger partial charge in [0.2, 0.25) is 0 Å². The minimum atomic E-state index is 0.541. The molecule has 1 unspecified atom stereocenters. The van der Waals surface area contributed by atoms with Crippen molar-refractivity contribution in [2.24, 2.45) is 10.9 Å². The van der Waals surface area contributed by atoms with Crippen LogP contribution in [-0.2, 0) is 6.54 Å². The van der Waals surface area contributed by atoms with Crippen molar-refractivity contribution in [3.05, 3.63) is 17.5 Å². The van der Waals surface area contributed by atoms with Crippen LogP contribution in [0.4, 0.5) is 0 Å². The topological polar surface area (TPSA) is 53.7 Å². The van der Waals surface area contributed by atoms with Crippen LogP contribution in [0.15, 0.2) is 15.6 Å². The highest BCUT2D eigenvalue weighted by molar-refractivity contribution is 8.00. The van der Waals surface area contributed by atoms with Crippen molar-refractivity contribution < 1.29 is 4.52 Å². The van der Waals surface area contributed by atoms with Crippen molar-refractivity contribution in [3.8, 4) is 0 Å². The van der Waals surface area contributed by atoms with Gasteiger partial charge < -0.3 is 14.7 Å². The molecule has 1 saturated heterocycles. The lowest BCUT2D eigenvalue weighted by Gasteiger charge is -2.36. The number of nitrogens with one attached hydrogen (secondary N) is 1. The van der Waals surface area contributed by atoms with Crippen molar-refractivity contribution in [2.75, 3.05) is 25.4 Å². The lowest BCUT2D eigenvalue weighted by atomic mass is 10.1. The molecule has 118 valence electrons. The third kappa shape index (κ3) is 4.66. The van der Waals surface area contributed by atoms with E-state index in [1.54, 1.807) is 0 Å². The number of aryl methyl sites for hydroxylation is 1. The second kappa shape index (κ2) is 7.73. The van der Waals surface area contributed by atoms with Gasteiger partial charge in [-0.1, -0.05) is 19.0 Å². The largest absolute Gasteiger partial charge is 0.359 e. The first-order valence-electron chi connectivity index (χ1n) is 7.67. The molecule has 1 N–H and O–H groups in total. The molecule has 1 aliphatic heterocycles. The lowest BCUT2D eigenvalue weighted by Crippen LogP contribution is -2.49. The van der Waals surface area contributed by atoms with Crippen molar-refractivity contribution in [1.82, 2.24) is 15.4 Å². The summed E-state index contributed by atoms with van der Waals surface area (Å²) in [6.07, 6.45) is 0. The van der Waals surface area contributed by atoms with E-state index in [1.807, 2.05) is 13.0 Å². The number of nitrogens with zero attached hydrogens (tertiary/aromatic N) is 3. The van der Waals surface area contributed by atoms with Gasteiger partial charge in [-0.3, -0.25) is 0 Å². The van der Waals surface area contributed by atoms with Gasteiger partial charge in [-0.05, 0) is 19.8 Å². The van der Waals surface area contributed by atoms with E-state index in [2.05, 4.69) is 47.9 Å². The minimum Gasteiger partial charge on any atom is -0.359 e. The molecule has 0 saturated carbocycles. The predicted molar refractivity (Wildman–Crippen MR) is 88.7 cm³/mol. The Morgan fingerprint density at radius 3 is 3.05 bits per heavy atom. The van der Waals surface area contributed by atoms with Gasteiger partial charge in [-0.25, -0.2) is 4.99 Å². The number of aromatic nitrogens is 1. The van der Waals surface area contributed by atoms with Crippen molar-refractivity contribution in [3.63, 3.8) is 0 Å². The van der Waals surface area contributed by atoms with Gasteiger partial charge in [-0.2, -0.15) is 11.8 Å². The Morgan fingerprint density at radius 2 is 2.43 bits per heavy atom. The molecule has 5 nitrogen and oxygen atoms in total. The summed E-state index contributed by atoms with van der Waals surface area (Å²) < 4.78 is 5.23. The Morgan fingerprint density at radius 1 is 1.62 bits per heavy atom. The fourth-order valence-corrected chi connectivity index (χ4v) is 3.64. The molecule has 1 fully saturated rings. The molecule has 0 spiro atoms. The molecule has 0 radical (unpaired) electrons. The number of hydrogen-bond acceptors (Lipinski definition) is 4. The quantitative estimate of drug-likeness (QED) is 0.684. The SMILES string of the molecule is CCNC(=NCc1cc(C)no1)N1CCSC(C(C)C)C1. The number of aliphatic imine (C=N–C) groups is 1. The van der Waals surface area contributed by atoms with E-state index >= 15 is 0 Å². The highest BCUT2D eigenvalue weighted by Crippen LogP contribution is 2.24. The first-order chi connectivity index (χ1) is 10.1. The van der Waals surface area contributed by atoms with Gasteiger partial charge in [0.25, 0.3) is 0 Å². The predicted octanol–water partition coefficient (Wildman–Crippen LogP) is 2.52. The van der Waals surface area contributed by atoms with E-state index < -0.39 is 0 Å². The molecule has 1 atom stereocenters. The highest BCUT2D eigenvalue weighted by atomic mass is 32.2. The van der Waals surface area contributed by atoms with Gasteiger partial charge in [0.15, 0.2) is 11.7 Å². The Kier molecular flexibility index (Phi) is 5.96. The molecule has 21 heavy (non-hydrogen) atoms. The highest BCUT2D eigenvalue weighted by Gasteiger charge is 2.24. The lowest BCUT2D eigenvalue weighted by molar-refractivity contribution is 0.370. The summed E-state index contributed by atoms with van der Waals surface area (Å²) in [7, 11) is 0. The molecule has 0 aromatic carbocycles. The Bertz CT molecular complexity index is 472. The number of rotatable bonds is 4.